The van der Waals surface area contributed by atoms with Crippen LogP contribution in [0.25, 0.3) is 5.69 Å². The highest BCUT2D eigenvalue weighted by atomic mass is 15.4. The minimum atomic E-state index is 0.619. The van der Waals surface area contributed by atoms with Crippen LogP contribution in [0.4, 0.5) is 17.3 Å². The van der Waals surface area contributed by atoms with Gasteiger partial charge in [-0.1, -0.05) is 18.2 Å². The van der Waals surface area contributed by atoms with Crippen molar-refractivity contribution in [3.8, 4) is 5.69 Å². The minimum Gasteiger partial charge on any atom is -0.366 e. The smallest absolute Gasteiger partial charge is 0.246 e. The number of para-hydroxylation sites is 1. The molecule has 29 heavy (non-hydrogen) atoms. The summed E-state index contributed by atoms with van der Waals surface area (Å²) in [5.41, 5.74) is 4.63. The molecule has 0 radical (unpaired) electrons. The van der Waals surface area contributed by atoms with Gasteiger partial charge < -0.3 is 10.2 Å². The van der Waals surface area contributed by atoms with Crippen LogP contribution in [0.2, 0.25) is 0 Å². The molecule has 1 aromatic heterocycles. The summed E-state index contributed by atoms with van der Waals surface area (Å²) in [5, 5.41) is 7.98. The maximum absolute atomic E-state index is 4.58. The minimum absolute atomic E-state index is 0.619. The summed E-state index contributed by atoms with van der Waals surface area (Å²) in [5.74, 6) is 0.619. The average Bonchev–Trinajstić information content (AvgIpc) is 3.15. The van der Waals surface area contributed by atoms with E-state index in [-0.39, 0.29) is 0 Å². The fraction of sp³-hybridized carbons (Fsp3) is 0.391. The van der Waals surface area contributed by atoms with E-state index >= 15 is 0 Å². The summed E-state index contributed by atoms with van der Waals surface area (Å²) < 4.78 is 1.80. The molecule has 2 atom stereocenters. The highest BCUT2D eigenvalue weighted by molar-refractivity contribution is 5.65. The predicted octanol–water partition coefficient (Wildman–Crippen LogP) is 3.74. The first-order chi connectivity index (χ1) is 14.2. The quantitative estimate of drug-likeness (QED) is 0.724. The largest absolute Gasteiger partial charge is 0.366 e. The van der Waals surface area contributed by atoms with Crippen LogP contribution in [0.5, 0.6) is 0 Å². The van der Waals surface area contributed by atoms with Crippen molar-refractivity contribution in [3.63, 3.8) is 0 Å². The fourth-order valence-corrected chi connectivity index (χ4v) is 5.02. The maximum Gasteiger partial charge on any atom is 0.246 e. The van der Waals surface area contributed by atoms with Crippen molar-refractivity contribution in [2.75, 3.05) is 23.3 Å². The third-order valence-electron chi connectivity index (χ3n) is 6.46. The van der Waals surface area contributed by atoms with Crippen LogP contribution >= 0.6 is 0 Å². The second kappa shape index (κ2) is 6.59. The normalized spacial score (nSPS) is 23.7. The second-order valence-corrected chi connectivity index (χ2v) is 8.65. The van der Waals surface area contributed by atoms with Crippen molar-refractivity contribution in [2.24, 2.45) is 0 Å². The van der Waals surface area contributed by atoms with Gasteiger partial charge in [-0.15, -0.1) is 5.10 Å². The molecule has 3 heterocycles. The number of likely N-dealkylation sites (tertiary alicyclic amines) is 1. The number of benzene rings is 2. The van der Waals surface area contributed by atoms with Crippen molar-refractivity contribution in [1.82, 2.24) is 19.7 Å². The molecule has 0 amide bonds. The number of aromatic nitrogens is 3. The van der Waals surface area contributed by atoms with Crippen molar-refractivity contribution in [2.45, 2.75) is 44.3 Å². The summed E-state index contributed by atoms with van der Waals surface area (Å²) in [6.45, 7) is 4.55. The predicted molar refractivity (Wildman–Crippen MR) is 115 cm³/mol. The van der Waals surface area contributed by atoms with Gasteiger partial charge in [0.05, 0.1) is 5.69 Å². The molecule has 3 aromatic rings. The molecule has 3 aliphatic rings. The van der Waals surface area contributed by atoms with Gasteiger partial charge in [-0.25, -0.2) is 4.68 Å². The molecule has 0 spiro atoms. The van der Waals surface area contributed by atoms with E-state index in [4.69, 9.17) is 0 Å². The van der Waals surface area contributed by atoms with Gasteiger partial charge in [0.1, 0.15) is 6.33 Å². The zero-order valence-electron chi connectivity index (χ0n) is 16.7. The van der Waals surface area contributed by atoms with Crippen molar-refractivity contribution < 1.29 is 0 Å². The number of nitrogens with one attached hydrogen (secondary N) is 1. The molecule has 2 bridgehead atoms. The van der Waals surface area contributed by atoms with Crippen molar-refractivity contribution in [1.29, 1.82) is 0 Å². The van der Waals surface area contributed by atoms with E-state index in [9.17, 15) is 0 Å². The van der Waals surface area contributed by atoms with Crippen LogP contribution < -0.4 is 10.2 Å². The van der Waals surface area contributed by atoms with Crippen LogP contribution in [0, 0.1) is 6.92 Å². The number of hydrogen-bond donors (Lipinski definition) is 1. The summed E-state index contributed by atoms with van der Waals surface area (Å²) in [6, 6.07) is 19.1. The Hall–Kier alpha value is -2.86. The van der Waals surface area contributed by atoms with Crippen molar-refractivity contribution >= 4 is 17.3 Å². The Labute approximate surface area is 171 Å². The number of aryl methyl sites for hydroxylation is 1. The van der Waals surface area contributed by atoms with Gasteiger partial charge in [-0.2, -0.15) is 4.98 Å². The zero-order chi connectivity index (χ0) is 19.4. The van der Waals surface area contributed by atoms with E-state index in [2.05, 4.69) is 50.3 Å². The summed E-state index contributed by atoms with van der Waals surface area (Å²) in [6.07, 6.45) is 5.88. The molecule has 6 rings (SSSR count). The molecule has 6 nitrogen and oxygen atoms in total. The SMILES string of the molecule is Cc1cc(Nc2ncn(-c3ccccc3)n2)cc(N2C[C@@H]3C[C@H]2CN3C2CC2)c1. The molecule has 1 aliphatic carbocycles. The Bertz CT molecular complexity index is 1020. The first-order valence-corrected chi connectivity index (χ1v) is 10.6. The first kappa shape index (κ1) is 17.0. The third-order valence-corrected chi connectivity index (χ3v) is 6.46. The number of piperazine rings is 1. The first-order valence-electron chi connectivity index (χ1n) is 10.6. The van der Waals surface area contributed by atoms with Gasteiger partial charge in [-0.05, 0) is 62.1 Å². The van der Waals surface area contributed by atoms with E-state index in [0.29, 0.717) is 12.0 Å². The maximum atomic E-state index is 4.58. The molecule has 0 unspecified atom stereocenters. The van der Waals surface area contributed by atoms with E-state index in [1.165, 1.54) is 37.1 Å². The zero-order valence-corrected chi connectivity index (χ0v) is 16.7. The molecule has 1 saturated carbocycles. The molecule has 6 heteroatoms. The topological polar surface area (TPSA) is 49.2 Å². The highest BCUT2D eigenvalue weighted by Gasteiger charge is 2.48. The lowest BCUT2D eigenvalue weighted by Crippen LogP contribution is -2.47. The lowest BCUT2D eigenvalue weighted by molar-refractivity contribution is 0.229. The lowest BCUT2D eigenvalue weighted by atomic mass is 10.1. The van der Waals surface area contributed by atoms with Gasteiger partial charge in [0, 0.05) is 42.6 Å². The molecule has 2 aliphatic heterocycles. The van der Waals surface area contributed by atoms with Gasteiger partial charge in [-0.3, -0.25) is 4.90 Å². The Morgan fingerprint density at radius 3 is 2.55 bits per heavy atom. The average molecular weight is 387 g/mol. The standard InChI is InChI=1S/C23H26N6/c1-16-9-17(25-23-24-15-29(26-23)19-5-3-2-4-6-19)11-20(10-16)28-14-21-12-22(28)13-27(21)18-7-8-18/h2-6,9-11,15,18,21-22H,7-8,12-14H2,1H3,(H,25,26)/t21-,22-/m0/s1. The molecular weight excluding hydrogens is 360 g/mol. The van der Waals surface area contributed by atoms with Gasteiger partial charge in [0.25, 0.3) is 0 Å². The van der Waals surface area contributed by atoms with Crippen LogP contribution in [0.3, 0.4) is 0 Å². The lowest BCUT2D eigenvalue weighted by Gasteiger charge is -2.36. The van der Waals surface area contributed by atoms with E-state index in [1.807, 2.05) is 30.3 Å². The Kier molecular flexibility index (Phi) is 3.87. The highest BCUT2D eigenvalue weighted by Crippen LogP contribution is 2.41. The van der Waals surface area contributed by atoms with E-state index in [0.717, 1.165) is 30.0 Å². The molecular formula is C23H26N6. The van der Waals surface area contributed by atoms with Crippen LogP contribution in [-0.4, -0.2) is 50.9 Å². The molecule has 3 fully saturated rings. The van der Waals surface area contributed by atoms with E-state index < -0.39 is 0 Å². The van der Waals surface area contributed by atoms with E-state index in [1.54, 1.807) is 11.0 Å². The molecule has 1 N–H and O–H groups in total. The number of hydrogen-bond acceptors (Lipinski definition) is 5. The molecule has 148 valence electrons. The summed E-state index contributed by atoms with van der Waals surface area (Å²) >= 11 is 0. The van der Waals surface area contributed by atoms with Gasteiger partial charge in [0.15, 0.2) is 0 Å². The van der Waals surface area contributed by atoms with Crippen molar-refractivity contribution in [3.05, 3.63) is 60.4 Å². The Morgan fingerprint density at radius 2 is 1.79 bits per heavy atom. The monoisotopic (exact) mass is 386 g/mol. The number of anilines is 3. The van der Waals surface area contributed by atoms with Crippen LogP contribution in [-0.2, 0) is 0 Å². The Morgan fingerprint density at radius 1 is 0.931 bits per heavy atom. The summed E-state index contributed by atoms with van der Waals surface area (Å²) in [7, 11) is 0. The number of nitrogens with zero attached hydrogens (tertiary/aromatic N) is 5. The number of fused-ring (bicyclic) bond motifs is 2. The van der Waals surface area contributed by atoms with Gasteiger partial charge in [0.2, 0.25) is 5.95 Å². The third kappa shape index (κ3) is 3.17. The van der Waals surface area contributed by atoms with Crippen LogP contribution in [0.1, 0.15) is 24.8 Å². The second-order valence-electron chi connectivity index (χ2n) is 8.65. The Balaban J connectivity index is 1.21. The molecule has 2 saturated heterocycles. The molecule has 2 aromatic carbocycles. The van der Waals surface area contributed by atoms with Crippen LogP contribution in [0.15, 0.2) is 54.9 Å². The summed E-state index contributed by atoms with van der Waals surface area (Å²) in [4.78, 5) is 9.81. The fourth-order valence-electron chi connectivity index (χ4n) is 5.02. The van der Waals surface area contributed by atoms with Gasteiger partial charge >= 0.3 is 0 Å². The number of rotatable bonds is 5.